The van der Waals surface area contributed by atoms with Crippen LogP contribution in [0.5, 0.6) is 5.75 Å². The fraction of sp³-hybridized carbons (Fsp3) is 0.500. The molecule has 2 atom stereocenters. The van der Waals surface area contributed by atoms with E-state index in [4.69, 9.17) is 21.4 Å². The van der Waals surface area contributed by atoms with E-state index < -0.39 is 6.10 Å². The van der Waals surface area contributed by atoms with Crippen LogP contribution in [0.1, 0.15) is 5.56 Å². The number of benzene rings is 1. The number of ether oxygens (including phenoxy) is 1. The SMILES string of the molecule is OCC(O)CSCC1Cc2cc(Cl)ccc2O1. The molecule has 0 spiro atoms. The van der Waals surface area contributed by atoms with Crippen molar-refractivity contribution in [3.05, 3.63) is 28.8 Å². The van der Waals surface area contributed by atoms with Crippen LogP contribution in [0.4, 0.5) is 0 Å². The minimum absolute atomic E-state index is 0.138. The van der Waals surface area contributed by atoms with E-state index in [-0.39, 0.29) is 12.7 Å². The summed E-state index contributed by atoms with van der Waals surface area (Å²) in [7, 11) is 0. The van der Waals surface area contributed by atoms with E-state index in [9.17, 15) is 5.11 Å². The second-order valence-electron chi connectivity index (χ2n) is 4.07. The first-order valence-corrected chi connectivity index (χ1v) is 7.04. The zero-order valence-electron chi connectivity index (χ0n) is 9.30. The molecule has 2 unspecified atom stereocenters. The number of fused-ring (bicyclic) bond motifs is 1. The van der Waals surface area contributed by atoms with Crippen molar-refractivity contribution < 1.29 is 14.9 Å². The van der Waals surface area contributed by atoms with Gasteiger partial charge in [0.25, 0.3) is 0 Å². The minimum Gasteiger partial charge on any atom is -0.489 e. The Morgan fingerprint density at radius 3 is 3.12 bits per heavy atom. The van der Waals surface area contributed by atoms with E-state index in [0.29, 0.717) is 5.75 Å². The Morgan fingerprint density at radius 1 is 1.53 bits per heavy atom. The third kappa shape index (κ3) is 3.52. The van der Waals surface area contributed by atoms with E-state index >= 15 is 0 Å². The topological polar surface area (TPSA) is 49.7 Å². The highest BCUT2D eigenvalue weighted by Crippen LogP contribution is 2.32. The molecule has 2 rings (SSSR count). The summed E-state index contributed by atoms with van der Waals surface area (Å²) in [5.41, 5.74) is 1.14. The number of thioether (sulfide) groups is 1. The largest absolute Gasteiger partial charge is 0.489 e. The summed E-state index contributed by atoms with van der Waals surface area (Å²) in [4.78, 5) is 0. The van der Waals surface area contributed by atoms with Gasteiger partial charge in [0.15, 0.2) is 0 Å². The monoisotopic (exact) mass is 274 g/mol. The molecule has 17 heavy (non-hydrogen) atoms. The molecule has 1 heterocycles. The summed E-state index contributed by atoms with van der Waals surface area (Å²) < 4.78 is 5.75. The third-order valence-electron chi connectivity index (χ3n) is 2.59. The van der Waals surface area contributed by atoms with Crippen LogP contribution in [0.2, 0.25) is 5.02 Å². The number of aliphatic hydroxyl groups excluding tert-OH is 2. The summed E-state index contributed by atoms with van der Waals surface area (Å²) in [6.07, 6.45) is 0.357. The summed E-state index contributed by atoms with van der Waals surface area (Å²) in [6.45, 7) is -0.186. The van der Waals surface area contributed by atoms with Crippen molar-refractivity contribution >= 4 is 23.4 Å². The van der Waals surface area contributed by atoms with Gasteiger partial charge < -0.3 is 14.9 Å². The number of hydrogen-bond donors (Lipinski definition) is 2. The Morgan fingerprint density at radius 2 is 2.35 bits per heavy atom. The van der Waals surface area contributed by atoms with Crippen molar-refractivity contribution in [1.82, 2.24) is 0 Å². The minimum atomic E-state index is -0.641. The molecule has 1 aliphatic heterocycles. The molecule has 0 aromatic heterocycles. The Hall–Kier alpha value is -0.420. The maximum absolute atomic E-state index is 9.21. The van der Waals surface area contributed by atoms with E-state index in [2.05, 4.69) is 0 Å². The van der Waals surface area contributed by atoms with Gasteiger partial charge in [0.1, 0.15) is 11.9 Å². The van der Waals surface area contributed by atoms with E-state index in [1.165, 1.54) is 0 Å². The van der Waals surface area contributed by atoms with Gasteiger partial charge in [-0.1, -0.05) is 11.6 Å². The lowest BCUT2D eigenvalue weighted by Gasteiger charge is -2.11. The van der Waals surface area contributed by atoms with E-state index in [1.807, 2.05) is 18.2 Å². The summed E-state index contributed by atoms with van der Waals surface area (Å²) in [6, 6.07) is 5.65. The molecule has 3 nitrogen and oxygen atoms in total. The zero-order valence-corrected chi connectivity index (χ0v) is 10.9. The number of aliphatic hydroxyl groups is 2. The Labute approximate surface area is 110 Å². The van der Waals surface area contributed by atoms with Crippen LogP contribution >= 0.6 is 23.4 Å². The van der Waals surface area contributed by atoms with Crippen LogP contribution in [0.15, 0.2) is 18.2 Å². The number of halogens is 1. The van der Waals surface area contributed by atoms with Crippen LogP contribution < -0.4 is 4.74 Å². The molecule has 1 aliphatic rings. The van der Waals surface area contributed by atoms with Crippen LogP contribution in [-0.4, -0.2) is 40.5 Å². The average Bonchev–Trinajstić information content (AvgIpc) is 2.70. The summed E-state index contributed by atoms with van der Waals surface area (Å²) >= 11 is 7.50. The zero-order chi connectivity index (χ0) is 12.3. The molecule has 1 aromatic rings. The van der Waals surface area contributed by atoms with Crippen LogP contribution in [-0.2, 0) is 6.42 Å². The highest BCUT2D eigenvalue weighted by molar-refractivity contribution is 7.99. The second-order valence-corrected chi connectivity index (χ2v) is 5.58. The quantitative estimate of drug-likeness (QED) is 0.859. The van der Waals surface area contributed by atoms with Crippen molar-refractivity contribution in [3.8, 4) is 5.75 Å². The predicted octanol–water partition coefficient (Wildman–Crippen LogP) is 1.73. The molecule has 0 aliphatic carbocycles. The van der Waals surface area contributed by atoms with Gasteiger partial charge in [-0.25, -0.2) is 0 Å². The summed E-state index contributed by atoms with van der Waals surface area (Å²) in [5, 5.41) is 18.6. The smallest absolute Gasteiger partial charge is 0.123 e. The first-order valence-electron chi connectivity index (χ1n) is 5.51. The fourth-order valence-corrected chi connectivity index (χ4v) is 2.93. The number of hydrogen-bond acceptors (Lipinski definition) is 4. The lowest BCUT2D eigenvalue weighted by Crippen LogP contribution is -2.20. The van der Waals surface area contributed by atoms with Gasteiger partial charge in [-0.15, -0.1) is 0 Å². The van der Waals surface area contributed by atoms with Crippen molar-refractivity contribution in [2.75, 3.05) is 18.1 Å². The molecular formula is C12H15ClO3S. The van der Waals surface area contributed by atoms with Crippen LogP contribution in [0.25, 0.3) is 0 Å². The summed E-state index contributed by atoms with van der Waals surface area (Å²) in [5.74, 6) is 2.25. The second kappa shape index (κ2) is 5.96. The lowest BCUT2D eigenvalue weighted by molar-refractivity contribution is 0.113. The van der Waals surface area contributed by atoms with Gasteiger partial charge in [0.05, 0.1) is 12.7 Å². The van der Waals surface area contributed by atoms with Crippen LogP contribution in [0.3, 0.4) is 0 Å². The number of rotatable bonds is 5. The van der Waals surface area contributed by atoms with Gasteiger partial charge in [0, 0.05) is 22.9 Å². The third-order valence-corrected chi connectivity index (χ3v) is 4.05. The fourth-order valence-electron chi connectivity index (χ4n) is 1.77. The Bertz CT molecular complexity index is 386. The van der Waals surface area contributed by atoms with E-state index in [0.717, 1.165) is 28.5 Å². The molecule has 0 radical (unpaired) electrons. The highest BCUT2D eigenvalue weighted by Gasteiger charge is 2.23. The molecule has 94 valence electrons. The van der Waals surface area contributed by atoms with Gasteiger partial charge >= 0.3 is 0 Å². The normalized spacial score (nSPS) is 19.8. The average molecular weight is 275 g/mol. The van der Waals surface area contributed by atoms with Crippen molar-refractivity contribution in [2.45, 2.75) is 18.6 Å². The molecule has 0 saturated heterocycles. The van der Waals surface area contributed by atoms with Crippen molar-refractivity contribution in [3.63, 3.8) is 0 Å². The predicted molar refractivity (Wildman–Crippen MR) is 70.0 cm³/mol. The van der Waals surface area contributed by atoms with Crippen LogP contribution in [0, 0.1) is 0 Å². The van der Waals surface area contributed by atoms with Gasteiger partial charge in [0.2, 0.25) is 0 Å². The lowest BCUT2D eigenvalue weighted by atomic mass is 10.1. The van der Waals surface area contributed by atoms with Gasteiger partial charge in [-0.3, -0.25) is 0 Å². The Kier molecular flexibility index (Phi) is 4.56. The molecule has 0 bridgehead atoms. The highest BCUT2D eigenvalue weighted by atomic mass is 35.5. The van der Waals surface area contributed by atoms with E-state index in [1.54, 1.807) is 11.8 Å². The maximum Gasteiger partial charge on any atom is 0.123 e. The van der Waals surface area contributed by atoms with Gasteiger partial charge in [-0.2, -0.15) is 11.8 Å². The maximum atomic E-state index is 9.21. The molecule has 0 saturated carbocycles. The Balaban J connectivity index is 1.80. The molecule has 0 fully saturated rings. The van der Waals surface area contributed by atoms with Gasteiger partial charge in [-0.05, 0) is 23.8 Å². The molecular weight excluding hydrogens is 260 g/mol. The van der Waals surface area contributed by atoms with Crippen molar-refractivity contribution in [2.24, 2.45) is 0 Å². The standard InChI is InChI=1S/C12H15ClO3S/c13-9-1-2-12-8(3-9)4-11(16-12)7-17-6-10(15)5-14/h1-3,10-11,14-15H,4-7H2. The molecule has 2 N–H and O–H groups in total. The molecule has 1 aromatic carbocycles. The molecule has 5 heteroatoms. The molecule has 0 amide bonds. The van der Waals surface area contributed by atoms with Crippen molar-refractivity contribution in [1.29, 1.82) is 0 Å². The first-order chi connectivity index (χ1) is 8.19. The first kappa shape index (κ1) is 13.0.